The molecular formula is C15H17FN6O. The largest absolute Gasteiger partial charge is 0.399 e. The number of imidazole rings is 1. The fraction of sp³-hybridized carbons (Fsp3) is 0.267. The van der Waals surface area contributed by atoms with E-state index in [-0.39, 0.29) is 24.1 Å². The summed E-state index contributed by atoms with van der Waals surface area (Å²) in [5, 5.41) is 2.69. The maximum Gasteiger partial charge on any atom is 0.217 e. The van der Waals surface area contributed by atoms with E-state index in [1.165, 1.54) is 19.1 Å². The molecule has 23 heavy (non-hydrogen) atoms. The lowest BCUT2D eigenvalue weighted by Crippen LogP contribution is -2.29. The number of carbonyl (C=O) groups excluding carboxylic acids is 1. The van der Waals surface area contributed by atoms with Gasteiger partial charge in [0.2, 0.25) is 5.91 Å². The highest BCUT2D eigenvalue weighted by Crippen LogP contribution is 2.29. The van der Waals surface area contributed by atoms with Gasteiger partial charge < -0.3 is 21.4 Å². The van der Waals surface area contributed by atoms with Crippen molar-refractivity contribution in [2.45, 2.75) is 26.1 Å². The van der Waals surface area contributed by atoms with Gasteiger partial charge in [-0.05, 0) is 18.2 Å². The molecule has 0 spiro atoms. The summed E-state index contributed by atoms with van der Waals surface area (Å²) < 4.78 is 15.9. The van der Waals surface area contributed by atoms with Crippen molar-refractivity contribution in [3.05, 3.63) is 47.3 Å². The van der Waals surface area contributed by atoms with E-state index < -0.39 is 6.04 Å². The van der Waals surface area contributed by atoms with Crippen LogP contribution in [-0.4, -0.2) is 21.3 Å². The number of nitrogens with zero attached hydrogens (tertiary/aromatic N) is 3. The van der Waals surface area contributed by atoms with Gasteiger partial charge in [0, 0.05) is 18.2 Å². The van der Waals surface area contributed by atoms with Crippen LogP contribution in [0.1, 0.15) is 30.0 Å². The highest BCUT2D eigenvalue weighted by molar-refractivity contribution is 5.96. The number of aliphatic imine (C=N–C) groups is 1. The van der Waals surface area contributed by atoms with Crippen LogP contribution in [0.25, 0.3) is 0 Å². The molecule has 1 aliphatic heterocycles. The number of hydrogen-bond donors (Lipinski definition) is 3. The molecule has 1 unspecified atom stereocenters. The van der Waals surface area contributed by atoms with Crippen molar-refractivity contribution >= 4 is 17.4 Å². The van der Waals surface area contributed by atoms with Gasteiger partial charge in [-0.25, -0.2) is 9.37 Å². The van der Waals surface area contributed by atoms with E-state index >= 15 is 0 Å². The van der Waals surface area contributed by atoms with Gasteiger partial charge in [0.05, 0.1) is 25.3 Å². The van der Waals surface area contributed by atoms with Crippen molar-refractivity contribution in [2.24, 2.45) is 10.7 Å². The van der Waals surface area contributed by atoms with Crippen LogP contribution in [0.5, 0.6) is 0 Å². The average molecular weight is 316 g/mol. The molecule has 0 saturated heterocycles. The van der Waals surface area contributed by atoms with Crippen molar-refractivity contribution in [3.63, 3.8) is 0 Å². The van der Waals surface area contributed by atoms with Crippen molar-refractivity contribution in [1.82, 2.24) is 14.9 Å². The van der Waals surface area contributed by atoms with Crippen LogP contribution >= 0.6 is 0 Å². The molecule has 1 aromatic carbocycles. The molecular weight excluding hydrogens is 299 g/mol. The van der Waals surface area contributed by atoms with Gasteiger partial charge in [-0.15, -0.1) is 0 Å². The molecule has 1 atom stereocenters. The zero-order valence-corrected chi connectivity index (χ0v) is 12.6. The van der Waals surface area contributed by atoms with Gasteiger partial charge in [-0.2, -0.15) is 0 Å². The SMILES string of the molecule is CC(=O)NCc1ncc2n1CC(c1cc(N)ccc1F)N=C2N. The number of hydrogen-bond acceptors (Lipinski definition) is 5. The second-order valence-electron chi connectivity index (χ2n) is 5.39. The molecule has 120 valence electrons. The summed E-state index contributed by atoms with van der Waals surface area (Å²) in [5.41, 5.74) is 13.2. The third kappa shape index (κ3) is 2.87. The van der Waals surface area contributed by atoms with E-state index in [1.807, 2.05) is 4.57 Å². The molecule has 0 bridgehead atoms. The second kappa shape index (κ2) is 5.71. The molecule has 1 amide bonds. The van der Waals surface area contributed by atoms with Crippen LogP contribution in [0.15, 0.2) is 29.4 Å². The summed E-state index contributed by atoms with van der Waals surface area (Å²) in [6.45, 7) is 2.08. The van der Waals surface area contributed by atoms with Crippen molar-refractivity contribution in [2.75, 3.05) is 5.73 Å². The number of halogens is 1. The van der Waals surface area contributed by atoms with Gasteiger partial charge in [0.1, 0.15) is 23.2 Å². The third-order valence-corrected chi connectivity index (χ3v) is 3.73. The molecule has 1 aliphatic rings. The predicted molar refractivity (Wildman–Crippen MR) is 84.0 cm³/mol. The van der Waals surface area contributed by atoms with Crippen LogP contribution < -0.4 is 16.8 Å². The summed E-state index contributed by atoms with van der Waals surface area (Å²) in [6.07, 6.45) is 1.60. The Labute approximate surface area is 132 Å². The van der Waals surface area contributed by atoms with Gasteiger partial charge in [0.25, 0.3) is 0 Å². The van der Waals surface area contributed by atoms with E-state index in [9.17, 15) is 9.18 Å². The lowest BCUT2D eigenvalue weighted by atomic mass is 10.0. The summed E-state index contributed by atoms with van der Waals surface area (Å²) >= 11 is 0. The topological polar surface area (TPSA) is 111 Å². The van der Waals surface area contributed by atoms with E-state index in [4.69, 9.17) is 11.5 Å². The normalized spacial score (nSPS) is 16.6. The van der Waals surface area contributed by atoms with E-state index in [0.29, 0.717) is 29.3 Å². The maximum absolute atomic E-state index is 14.1. The minimum atomic E-state index is -0.490. The van der Waals surface area contributed by atoms with Crippen LogP contribution in [0.3, 0.4) is 0 Å². The number of aromatic nitrogens is 2. The zero-order chi connectivity index (χ0) is 16.6. The number of anilines is 1. The number of nitrogen functional groups attached to an aromatic ring is 1. The minimum absolute atomic E-state index is 0.154. The minimum Gasteiger partial charge on any atom is -0.399 e. The average Bonchev–Trinajstić information content (AvgIpc) is 2.91. The van der Waals surface area contributed by atoms with E-state index in [1.54, 1.807) is 12.3 Å². The highest BCUT2D eigenvalue weighted by Gasteiger charge is 2.25. The van der Waals surface area contributed by atoms with Crippen LogP contribution in [0, 0.1) is 5.82 Å². The Hall–Kier alpha value is -2.90. The second-order valence-corrected chi connectivity index (χ2v) is 5.39. The Kier molecular flexibility index (Phi) is 3.73. The molecule has 5 N–H and O–H groups in total. The monoisotopic (exact) mass is 316 g/mol. The third-order valence-electron chi connectivity index (χ3n) is 3.73. The smallest absolute Gasteiger partial charge is 0.217 e. The van der Waals surface area contributed by atoms with E-state index in [2.05, 4.69) is 15.3 Å². The Balaban J connectivity index is 1.95. The first-order chi connectivity index (χ1) is 11.0. The predicted octanol–water partition coefficient (Wildman–Crippen LogP) is 0.701. The quantitative estimate of drug-likeness (QED) is 0.724. The number of benzene rings is 1. The lowest BCUT2D eigenvalue weighted by Gasteiger charge is -2.23. The number of nitrogens with two attached hydrogens (primary N) is 2. The number of fused-ring (bicyclic) bond motifs is 1. The summed E-state index contributed by atoms with van der Waals surface area (Å²) in [4.78, 5) is 19.7. The molecule has 0 aliphatic carbocycles. The summed E-state index contributed by atoms with van der Waals surface area (Å²) in [7, 11) is 0. The first-order valence-electron chi connectivity index (χ1n) is 7.13. The zero-order valence-electron chi connectivity index (χ0n) is 12.6. The molecule has 2 heterocycles. The Morgan fingerprint density at radius 1 is 1.48 bits per heavy atom. The number of carbonyl (C=O) groups is 1. The lowest BCUT2D eigenvalue weighted by molar-refractivity contribution is -0.119. The van der Waals surface area contributed by atoms with Crippen molar-refractivity contribution in [1.29, 1.82) is 0 Å². The maximum atomic E-state index is 14.1. The van der Waals surface area contributed by atoms with Gasteiger partial charge in [0.15, 0.2) is 0 Å². The number of rotatable bonds is 3. The number of nitrogens with one attached hydrogen (secondary N) is 1. The molecule has 8 heteroatoms. The van der Waals surface area contributed by atoms with Gasteiger partial charge in [-0.1, -0.05) is 0 Å². The fourth-order valence-electron chi connectivity index (χ4n) is 2.60. The molecule has 0 fully saturated rings. The number of amidine groups is 1. The summed E-state index contributed by atoms with van der Waals surface area (Å²) in [5.74, 6) is 0.387. The Morgan fingerprint density at radius 2 is 2.26 bits per heavy atom. The number of amides is 1. The van der Waals surface area contributed by atoms with Crippen LogP contribution in [0.2, 0.25) is 0 Å². The Bertz CT molecular complexity index is 797. The Morgan fingerprint density at radius 3 is 3.00 bits per heavy atom. The molecule has 3 rings (SSSR count). The van der Waals surface area contributed by atoms with Crippen molar-refractivity contribution in [3.8, 4) is 0 Å². The van der Waals surface area contributed by atoms with Crippen LogP contribution in [0.4, 0.5) is 10.1 Å². The van der Waals surface area contributed by atoms with E-state index in [0.717, 1.165) is 0 Å². The summed E-state index contributed by atoms with van der Waals surface area (Å²) in [6, 6.07) is 3.89. The molecule has 1 aromatic heterocycles. The molecule has 0 radical (unpaired) electrons. The fourth-order valence-corrected chi connectivity index (χ4v) is 2.60. The first-order valence-corrected chi connectivity index (χ1v) is 7.13. The van der Waals surface area contributed by atoms with Gasteiger partial charge in [-0.3, -0.25) is 9.79 Å². The van der Waals surface area contributed by atoms with Crippen molar-refractivity contribution < 1.29 is 9.18 Å². The van der Waals surface area contributed by atoms with Gasteiger partial charge >= 0.3 is 0 Å². The molecule has 0 saturated carbocycles. The highest BCUT2D eigenvalue weighted by atomic mass is 19.1. The molecule has 7 nitrogen and oxygen atoms in total. The van der Waals surface area contributed by atoms with Crippen LogP contribution in [-0.2, 0) is 17.9 Å². The first kappa shape index (κ1) is 15.0. The standard InChI is InChI=1S/C15H17FN6O/c1-8(23)19-6-14-20-5-13-15(18)21-12(7-22(13)14)10-4-9(17)2-3-11(10)16/h2-5,12H,6-7,17H2,1H3,(H2,18,21)(H,19,23). The molecule has 2 aromatic rings.